The molecule has 1 aromatic carbocycles. The van der Waals surface area contributed by atoms with Crippen molar-refractivity contribution in [2.45, 2.75) is 89.4 Å². The van der Waals surface area contributed by atoms with E-state index in [1.165, 1.54) is 0 Å². The molecule has 2 fully saturated rings. The third-order valence-electron chi connectivity index (χ3n) is 7.10. The van der Waals surface area contributed by atoms with Crippen LogP contribution >= 0.6 is 15.9 Å². The molecule has 29 heavy (non-hydrogen) atoms. The second kappa shape index (κ2) is 7.52. The molecule has 0 aromatic heterocycles. The summed E-state index contributed by atoms with van der Waals surface area (Å²) < 4.78 is 26.9. The molecule has 0 aliphatic carbocycles. The minimum absolute atomic E-state index is 0.0625. The van der Waals surface area contributed by atoms with E-state index >= 15 is 0 Å². The molecule has 0 bridgehead atoms. The SMILES string of the molecule is C=C[C@H](c1ccc(Br)cc1)C(B1OC(C)(C)C(C)(C)O1)B1OC(C)(C)C(C)(C)O1. The highest BCUT2D eigenvalue weighted by Crippen LogP contribution is 2.50. The summed E-state index contributed by atoms with van der Waals surface area (Å²) in [6, 6.07) is 8.27. The maximum absolute atomic E-state index is 6.46. The van der Waals surface area contributed by atoms with Crippen molar-refractivity contribution in [3.63, 3.8) is 0 Å². The topological polar surface area (TPSA) is 36.9 Å². The van der Waals surface area contributed by atoms with E-state index in [0.29, 0.717) is 0 Å². The van der Waals surface area contributed by atoms with Crippen molar-refractivity contribution < 1.29 is 18.6 Å². The van der Waals surface area contributed by atoms with Gasteiger partial charge in [0, 0.05) is 16.1 Å². The molecule has 2 aliphatic heterocycles. The summed E-state index contributed by atoms with van der Waals surface area (Å²) in [5, 5.41) is 0. The molecule has 2 saturated heterocycles. The molecular weight excluding hydrogens is 430 g/mol. The quantitative estimate of drug-likeness (QED) is 0.408. The number of halogens is 1. The van der Waals surface area contributed by atoms with Gasteiger partial charge in [-0.05, 0) is 73.1 Å². The van der Waals surface area contributed by atoms with Crippen LogP contribution in [0.1, 0.15) is 66.9 Å². The Kier molecular flexibility index (Phi) is 5.99. The van der Waals surface area contributed by atoms with Gasteiger partial charge in [-0.3, -0.25) is 0 Å². The van der Waals surface area contributed by atoms with Crippen molar-refractivity contribution in [2.24, 2.45) is 0 Å². The van der Waals surface area contributed by atoms with Crippen LogP contribution in [-0.2, 0) is 18.6 Å². The fraction of sp³-hybridized carbons (Fsp3) is 0.636. The highest BCUT2D eigenvalue weighted by Gasteiger charge is 2.63. The third kappa shape index (κ3) is 4.14. The summed E-state index contributed by atoms with van der Waals surface area (Å²) >= 11 is 3.52. The van der Waals surface area contributed by atoms with Crippen LogP contribution in [0.25, 0.3) is 0 Å². The van der Waals surface area contributed by atoms with E-state index in [-0.39, 0.29) is 11.6 Å². The normalized spacial score (nSPS) is 25.4. The minimum Gasteiger partial charge on any atom is -0.403 e. The lowest BCUT2D eigenvalue weighted by Crippen LogP contribution is -2.41. The van der Waals surface area contributed by atoms with Crippen LogP contribution in [-0.4, -0.2) is 36.6 Å². The zero-order valence-corrected chi connectivity index (χ0v) is 20.5. The highest BCUT2D eigenvalue weighted by molar-refractivity contribution is 9.10. The molecule has 2 heterocycles. The first kappa shape index (κ1) is 23.1. The largest absolute Gasteiger partial charge is 0.459 e. The Labute approximate surface area is 185 Å². The number of hydrogen-bond donors (Lipinski definition) is 0. The standard InChI is InChI=1S/C22H33B2BrO4/c1-10-17(15-11-13-16(25)14-12-15)18(23-26-19(2,3)20(4,5)27-23)24-28-21(6,7)22(8,9)29-24/h10-14,17-18H,1H2,2-9H3/t17-/m1/s1. The summed E-state index contributed by atoms with van der Waals surface area (Å²) in [6.45, 7) is 20.7. The first-order valence-corrected chi connectivity index (χ1v) is 11.1. The van der Waals surface area contributed by atoms with Crippen molar-refractivity contribution in [1.29, 1.82) is 0 Å². The van der Waals surface area contributed by atoms with Gasteiger partial charge in [0.25, 0.3) is 0 Å². The lowest BCUT2D eigenvalue weighted by atomic mass is 9.46. The van der Waals surface area contributed by atoms with Crippen LogP contribution in [0.4, 0.5) is 0 Å². The molecule has 7 heteroatoms. The van der Waals surface area contributed by atoms with E-state index in [2.05, 4.69) is 90.0 Å². The predicted octanol–water partition coefficient (Wildman–Crippen LogP) is 5.81. The molecule has 0 N–H and O–H groups in total. The van der Waals surface area contributed by atoms with Crippen LogP contribution in [0.3, 0.4) is 0 Å². The second-order valence-electron chi connectivity index (χ2n) is 10.1. The Morgan fingerprint density at radius 1 is 0.759 bits per heavy atom. The van der Waals surface area contributed by atoms with Gasteiger partial charge in [-0.15, -0.1) is 6.58 Å². The van der Waals surface area contributed by atoms with Crippen LogP contribution in [0.15, 0.2) is 41.4 Å². The van der Waals surface area contributed by atoms with E-state index in [9.17, 15) is 0 Å². The molecule has 0 spiro atoms. The van der Waals surface area contributed by atoms with Crippen LogP contribution in [0.2, 0.25) is 5.72 Å². The van der Waals surface area contributed by atoms with Crippen molar-refractivity contribution in [3.8, 4) is 0 Å². The summed E-state index contributed by atoms with van der Waals surface area (Å²) in [5.41, 5.74) is -0.847. The van der Waals surface area contributed by atoms with Crippen molar-refractivity contribution in [3.05, 3.63) is 47.0 Å². The van der Waals surface area contributed by atoms with Gasteiger partial charge in [-0.1, -0.05) is 34.1 Å². The average Bonchev–Trinajstić information content (AvgIpc) is 2.92. The molecular formula is C22H33B2BrO4. The molecule has 0 radical (unpaired) electrons. The lowest BCUT2D eigenvalue weighted by molar-refractivity contribution is 0.00578. The van der Waals surface area contributed by atoms with Gasteiger partial charge >= 0.3 is 14.2 Å². The Balaban J connectivity index is 2.03. The van der Waals surface area contributed by atoms with Gasteiger partial charge in [0.1, 0.15) is 0 Å². The van der Waals surface area contributed by atoms with E-state index in [1.54, 1.807) is 0 Å². The van der Waals surface area contributed by atoms with Crippen LogP contribution in [0, 0.1) is 0 Å². The second-order valence-corrected chi connectivity index (χ2v) is 11.1. The number of benzene rings is 1. The van der Waals surface area contributed by atoms with E-state index in [0.717, 1.165) is 10.0 Å². The highest BCUT2D eigenvalue weighted by atomic mass is 79.9. The Hall–Kier alpha value is -0.590. The first-order chi connectivity index (χ1) is 13.2. The fourth-order valence-corrected chi connectivity index (χ4v) is 4.02. The Morgan fingerprint density at radius 3 is 1.41 bits per heavy atom. The van der Waals surface area contributed by atoms with Gasteiger partial charge < -0.3 is 18.6 Å². The first-order valence-electron chi connectivity index (χ1n) is 10.3. The fourth-order valence-electron chi connectivity index (χ4n) is 3.76. The van der Waals surface area contributed by atoms with Crippen LogP contribution in [0.5, 0.6) is 0 Å². The molecule has 1 atom stereocenters. The summed E-state index contributed by atoms with van der Waals surface area (Å²) in [7, 11) is -0.970. The van der Waals surface area contributed by atoms with Gasteiger partial charge in [-0.25, -0.2) is 0 Å². The molecule has 4 nitrogen and oxygen atoms in total. The summed E-state index contributed by atoms with van der Waals surface area (Å²) in [4.78, 5) is 0. The zero-order chi connectivity index (χ0) is 21.8. The molecule has 0 saturated carbocycles. The van der Waals surface area contributed by atoms with Gasteiger partial charge in [0.2, 0.25) is 0 Å². The predicted molar refractivity (Wildman–Crippen MR) is 123 cm³/mol. The van der Waals surface area contributed by atoms with Crippen LogP contribution < -0.4 is 0 Å². The number of rotatable bonds is 5. The lowest BCUT2D eigenvalue weighted by Gasteiger charge is -2.32. The molecule has 0 unspecified atom stereocenters. The minimum atomic E-state index is -0.485. The maximum atomic E-state index is 6.46. The monoisotopic (exact) mass is 462 g/mol. The van der Waals surface area contributed by atoms with Crippen molar-refractivity contribution >= 4 is 30.2 Å². The zero-order valence-electron chi connectivity index (χ0n) is 18.9. The summed E-state index contributed by atoms with van der Waals surface area (Å²) in [5.74, 6) is -0.0625. The van der Waals surface area contributed by atoms with Crippen molar-refractivity contribution in [2.75, 3.05) is 0 Å². The van der Waals surface area contributed by atoms with Gasteiger partial charge in [-0.2, -0.15) is 0 Å². The molecule has 2 aliphatic rings. The number of allylic oxidation sites excluding steroid dienone is 1. The molecule has 158 valence electrons. The molecule has 1 aromatic rings. The van der Waals surface area contributed by atoms with Crippen molar-refractivity contribution in [1.82, 2.24) is 0 Å². The van der Waals surface area contributed by atoms with E-state index in [4.69, 9.17) is 18.6 Å². The smallest absolute Gasteiger partial charge is 0.403 e. The average molecular weight is 463 g/mol. The third-order valence-corrected chi connectivity index (χ3v) is 7.62. The van der Waals surface area contributed by atoms with E-state index < -0.39 is 36.6 Å². The number of hydrogen-bond acceptors (Lipinski definition) is 4. The maximum Gasteiger partial charge on any atom is 0.459 e. The molecule has 3 rings (SSSR count). The van der Waals surface area contributed by atoms with E-state index in [1.807, 2.05) is 18.2 Å². The van der Waals surface area contributed by atoms with Gasteiger partial charge in [0.05, 0.1) is 22.4 Å². The summed E-state index contributed by atoms with van der Waals surface area (Å²) in [6.07, 6.45) is 1.95. The molecule has 0 amide bonds. The van der Waals surface area contributed by atoms with Gasteiger partial charge in [0.15, 0.2) is 0 Å². The Morgan fingerprint density at radius 2 is 1.10 bits per heavy atom. The Bertz CT molecular complexity index is 693.